The summed E-state index contributed by atoms with van der Waals surface area (Å²) in [6.07, 6.45) is 4.84. The molecule has 10 heteroatoms. The number of likely N-dealkylation sites (N-methyl/N-ethyl adjacent to an activating group) is 1. The highest BCUT2D eigenvalue weighted by Gasteiger charge is 2.28. The van der Waals surface area contributed by atoms with Crippen LogP contribution < -0.4 is 15.5 Å². The normalized spacial score (nSPS) is 16.4. The fraction of sp³-hybridized carbons (Fsp3) is 0.440. The zero-order chi connectivity index (χ0) is 25.2. The molecule has 1 atom stereocenters. The van der Waals surface area contributed by atoms with E-state index in [1.165, 1.54) is 4.80 Å². The number of aryl methyl sites for hydroxylation is 1. The van der Waals surface area contributed by atoms with Gasteiger partial charge in [0, 0.05) is 37.3 Å². The van der Waals surface area contributed by atoms with E-state index < -0.39 is 0 Å². The van der Waals surface area contributed by atoms with Crippen LogP contribution in [0.25, 0.3) is 11.1 Å². The quantitative estimate of drug-likeness (QED) is 0.561. The molecule has 10 nitrogen and oxygen atoms in total. The van der Waals surface area contributed by atoms with Gasteiger partial charge in [0.15, 0.2) is 0 Å². The fourth-order valence-electron chi connectivity index (χ4n) is 4.07. The third-order valence-electron chi connectivity index (χ3n) is 6.22. The fourth-order valence-corrected chi connectivity index (χ4v) is 4.07. The van der Waals surface area contributed by atoms with Crippen molar-refractivity contribution in [3.63, 3.8) is 0 Å². The number of amides is 2. The number of hydrogen-bond donors (Lipinski definition) is 2. The van der Waals surface area contributed by atoms with E-state index >= 15 is 0 Å². The summed E-state index contributed by atoms with van der Waals surface area (Å²) < 4.78 is 0. The average Bonchev–Trinajstić information content (AvgIpc) is 3.35. The first-order valence-electron chi connectivity index (χ1n) is 11.8. The lowest BCUT2D eigenvalue weighted by Crippen LogP contribution is -2.47. The maximum atomic E-state index is 12.7. The Balaban J connectivity index is 1.51. The number of rotatable bonds is 6. The first kappa shape index (κ1) is 24.5. The van der Waals surface area contributed by atoms with Crippen LogP contribution in [-0.2, 0) is 16.9 Å². The first-order valence-corrected chi connectivity index (χ1v) is 11.8. The van der Waals surface area contributed by atoms with Crippen molar-refractivity contribution >= 4 is 17.5 Å². The molecule has 2 N–H and O–H groups in total. The molecule has 0 spiro atoms. The minimum absolute atomic E-state index is 0.0432. The number of hydrogen-bond acceptors (Lipinski definition) is 7. The third kappa shape index (κ3) is 5.37. The van der Waals surface area contributed by atoms with Gasteiger partial charge in [0.2, 0.25) is 5.91 Å². The SMILES string of the molecule is CNC1CCC(=O)N(c2cnccc2-c2ccc(CNC(=O)c3nnn(C(C)(C)C)n3)c(C)c2)C1. The minimum Gasteiger partial charge on any atom is -0.345 e. The van der Waals surface area contributed by atoms with Crippen LogP contribution in [0.1, 0.15) is 55.4 Å². The van der Waals surface area contributed by atoms with Crippen LogP contribution in [0.15, 0.2) is 36.7 Å². The highest BCUT2D eigenvalue weighted by Crippen LogP contribution is 2.33. The molecule has 1 unspecified atom stereocenters. The first-order chi connectivity index (χ1) is 16.7. The molecule has 0 saturated carbocycles. The zero-order valence-corrected chi connectivity index (χ0v) is 20.9. The predicted octanol–water partition coefficient (Wildman–Crippen LogP) is 2.44. The predicted molar refractivity (Wildman–Crippen MR) is 133 cm³/mol. The zero-order valence-electron chi connectivity index (χ0n) is 20.9. The molecule has 4 rings (SSSR count). The van der Waals surface area contributed by atoms with Crippen molar-refractivity contribution in [3.05, 3.63) is 53.6 Å². The number of anilines is 1. The number of benzene rings is 1. The van der Waals surface area contributed by atoms with Gasteiger partial charge in [0.1, 0.15) is 0 Å². The van der Waals surface area contributed by atoms with E-state index in [9.17, 15) is 9.59 Å². The van der Waals surface area contributed by atoms with E-state index in [-0.39, 0.29) is 29.2 Å². The second-order valence-corrected chi connectivity index (χ2v) is 9.82. The van der Waals surface area contributed by atoms with Gasteiger partial charge in [-0.1, -0.05) is 18.2 Å². The van der Waals surface area contributed by atoms with Gasteiger partial charge < -0.3 is 15.5 Å². The number of nitrogens with one attached hydrogen (secondary N) is 2. The van der Waals surface area contributed by atoms with Crippen molar-refractivity contribution in [2.75, 3.05) is 18.5 Å². The lowest BCUT2D eigenvalue weighted by Gasteiger charge is -2.33. The van der Waals surface area contributed by atoms with Gasteiger partial charge in [-0.25, -0.2) is 0 Å². The molecular formula is C25H32N8O2. The largest absolute Gasteiger partial charge is 0.345 e. The Labute approximate surface area is 205 Å². The van der Waals surface area contributed by atoms with E-state index in [1.54, 1.807) is 12.4 Å². The molecule has 0 bridgehead atoms. The van der Waals surface area contributed by atoms with E-state index in [0.717, 1.165) is 34.4 Å². The van der Waals surface area contributed by atoms with Crippen molar-refractivity contribution in [1.29, 1.82) is 0 Å². The third-order valence-corrected chi connectivity index (χ3v) is 6.22. The average molecular weight is 477 g/mol. The number of carbonyl (C=O) groups is 2. The van der Waals surface area contributed by atoms with Gasteiger partial charge in [-0.05, 0) is 69.1 Å². The molecule has 3 aromatic rings. The van der Waals surface area contributed by atoms with Gasteiger partial charge in [-0.2, -0.15) is 4.80 Å². The molecule has 1 fully saturated rings. The topological polar surface area (TPSA) is 118 Å². The van der Waals surface area contributed by atoms with Crippen molar-refractivity contribution in [2.24, 2.45) is 0 Å². The van der Waals surface area contributed by atoms with Gasteiger partial charge in [0.05, 0.1) is 17.4 Å². The Morgan fingerprint density at radius 2 is 2.03 bits per heavy atom. The minimum atomic E-state index is -0.372. The molecule has 2 amide bonds. The summed E-state index contributed by atoms with van der Waals surface area (Å²) in [6.45, 7) is 8.78. The summed E-state index contributed by atoms with van der Waals surface area (Å²) in [7, 11) is 1.92. The number of aromatic nitrogens is 5. The van der Waals surface area contributed by atoms with Crippen molar-refractivity contribution in [3.8, 4) is 11.1 Å². The van der Waals surface area contributed by atoms with Crippen LogP contribution in [0, 0.1) is 6.92 Å². The standard InChI is InChI=1S/C25H32N8O2/c1-16-12-17(20-10-11-27-14-21(20)32-15-19(26-5)8-9-22(32)34)6-7-18(16)13-28-24(35)23-29-31-33(30-23)25(2,3)4/h6-7,10-12,14,19,26H,8-9,13,15H2,1-5H3,(H,28,35). The van der Waals surface area contributed by atoms with Crippen LogP contribution in [0.2, 0.25) is 0 Å². The van der Waals surface area contributed by atoms with Crippen molar-refractivity contribution in [2.45, 2.75) is 58.7 Å². The molecule has 0 aliphatic carbocycles. The van der Waals surface area contributed by atoms with Crippen LogP contribution in [-0.4, -0.2) is 56.6 Å². The summed E-state index contributed by atoms with van der Waals surface area (Å²) in [5.74, 6) is -0.219. The molecule has 2 aromatic heterocycles. The summed E-state index contributed by atoms with van der Waals surface area (Å²) in [5, 5.41) is 18.2. The number of carbonyl (C=O) groups excluding carboxylic acids is 2. The molecule has 184 valence electrons. The van der Waals surface area contributed by atoms with Gasteiger partial charge in [0.25, 0.3) is 11.7 Å². The Morgan fingerprint density at radius 1 is 1.23 bits per heavy atom. The van der Waals surface area contributed by atoms with E-state index in [2.05, 4.69) is 37.1 Å². The Morgan fingerprint density at radius 3 is 2.71 bits per heavy atom. The van der Waals surface area contributed by atoms with Gasteiger partial charge >= 0.3 is 0 Å². The summed E-state index contributed by atoms with van der Waals surface area (Å²) in [6, 6.07) is 8.26. The van der Waals surface area contributed by atoms with Crippen LogP contribution in [0.5, 0.6) is 0 Å². The number of pyridine rings is 1. The smallest absolute Gasteiger partial charge is 0.293 e. The van der Waals surface area contributed by atoms with E-state index in [1.807, 2.05) is 57.8 Å². The van der Waals surface area contributed by atoms with Gasteiger partial charge in [-0.15, -0.1) is 10.2 Å². The molecular weight excluding hydrogens is 444 g/mol. The second-order valence-electron chi connectivity index (χ2n) is 9.82. The lowest BCUT2D eigenvalue weighted by molar-refractivity contribution is -0.119. The lowest BCUT2D eigenvalue weighted by atomic mass is 9.97. The van der Waals surface area contributed by atoms with Crippen LogP contribution in [0.4, 0.5) is 5.69 Å². The van der Waals surface area contributed by atoms with Crippen LogP contribution in [0.3, 0.4) is 0 Å². The van der Waals surface area contributed by atoms with Crippen molar-refractivity contribution in [1.82, 2.24) is 35.8 Å². The second kappa shape index (κ2) is 9.91. The molecule has 3 heterocycles. The Kier molecular flexibility index (Phi) is 6.93. The van der Waals surface area contributed by atoms with Crippen LogP contribution >= 0.6 is 0 Å². The molecule has 1 saturated heterocycles. The van der Waals surface area contributed by atoms with E-state index in [0.29, 0.717) is 19.5 Å². The Bertz CT molecular complexity index is 1230. The molecule has 1 aromatic carbocycles. The molecule has 0 radical (unpaired) electrons. The number of nitrogens with zero attached hydrogens (tertiary/aromatic N) is 6. The highest BCUT2D eigenvalue weighted by atomic mass is 16.2. The molecule has 1 aliphatic rings. The van der Waals surface area contributed by atoms with Crippen molar-refractivity contribution < 1.29 is 9.59 Å². The number of piperidine rings is 1. The Hall–Kier alpha value is -3.66. The maximum Gasteiger partial charge on any atom is 0.293 e. The number of tetrazole rings is 1. The maximum absolute atomic E-state index is 12.7. The van der Waals surface area contributed by atoms with Gasteiger partial charge in [-0.3, -0.25) is 14.6 Å². The molecule has 35 heavy (non-hydrogen) atoms. The molecule has 1 aliphatic heterocycles. The van der Waals surface area contributed by atoms with E-state index in [4.69, 9.17) is 0 Å². The summed E-state index contributed by atoms with van der Waals surface area (Å²) in [4.78, 5) is 32.8. The monoisotopic (exact) mass is 476 g/mol. The highest BCUT2D eigenvalue weighted by molar-refractivity contribution is 5.98. The summed E-state index contributed by atoms with van der Waals surface area (Å²) >= 11 is 0. The summed E-state index contributed by atoms with van der Waals surface area (Å²) in [5.41, 5.74) is 4.40.